The van der Waals surface area contributed by atoms with E-state index in [1.807, 2.05) is 0 Å². The van der Waals surface area contributed by atoms with Gasteiger partial charge in [-0.2, -0.15) is 0 Å². The third-order valence-corrected chi connectivity index (χ3v) is 5.13. The van der Waals surface area contributed by atoms with Crippen molar-refractivity contribution in [3.63, 3.8) is 0 Å². The Kier molecular flexibility index (Phi) is 33.6. The summed E-state index contributed by atoms with van der Waals surface area (Å²) in [6.07, 6.45) is 3.48. The summed E-state index contributed by atoms with van der Waals surface area (Å²) < 4.78 is 53.8. The largest absolute Gasteiger partial charge is 0.481 e. The van der Waals surface area contributed by atoms with Crippen LogP contribution in [0.25, 0.3) is 0 Å². The minimum absolute atomic E-state index is 0.0634. The molecule has 0 bridgehead atoms. The second kappa shape index (κ2) is 34.8. The fourth-order valence-electron chi connectivity index (χ4n) is 2.94. The summed E-state index contributed by atoms with van der Waals surface area (Å²) in [6, 6.07) is 0. The van der Waals surface area contributed by atoms with Gasteiger partial charge in [-0.3, -0.25) is 9.59 Å². The van der Waals surface area contributed by atoms with E-state index in [9.17, 15) is 9.59 Å². The zero-order chi connectivity index (χ0) is 29.9. The first-order chi connectivity index (χ1) is 20.2. The summed E-state index contributed by atoms with van der Waals surface area (Å²) in [5.74, 6) is -1.20. The van der Waals surface area contributed by atoms with E-state index in [1.165, 1.54) is 0 Å². The molecule has 0 radical (unpaired) electrons. The second-order valence-corrected chi connectivity index (χ2v) is 8.69. The van der Waals surface area contributed by atoms with Crippen LogP contribution in [0.15, 0.2) is 0 Å². The van der Waals surface area contributed by atoms with Crippen molar-refractivity contribution < 1.29 is 62.1 Å². The van der Waals surface area contributed by atoms with Crippen molar-refractivity contribution in [3.8, 4) is 0 Å². The Morgan fingerprint density at radius 3 is 1.02 bits per heavy atom. The van der Waals surface area contributed by atoms with Crippen LogP contribution in [-0.4, -0.2) is 143 Å². The number of carbonyl (C=O) groups is 2. The minimum atomic E-state index is -0.860. The SMILES string of the molecule is CCCCOCCOCCOCCOCCOCCOCCOCCOCCOCCOC(=O)CCCCC(=O)O. The highest BCUT2D eigenvalue weighted by Crippen LogP contribution is 2.01. The Labute approximate surface area is 245 Å². The average Bonchev–Trinajstić information content (AvgIpc) is 2.96. The first kappa shape index (κ1) is 39.6. The van der Waals surface area contributed by atoms with Crippen molar-refractivity contribution in [2.24, 2.45) is 0 Å². The zero-order valence-electron chi connectivity index (χ0n) is 25.0. The molecule has 0 amide bonds. The number of carboxylic acid groups (broad SMARTS) is 1. The highest BCUT2D eigenvalue weighted by molar-refractivity contribution is 5.69. The zero-order valence-corrected chi connectivity index (χ0v) is 25.0. The predicted octanol–water partition coefficient (Wildman–Crippen LogP) is 2.12. The summed E-state index contributed by atoms with van der Waals surface area (Å²) in [7, 11) is 0. The van der Waals surface area contributed by atoms with Crippen LogP contribution in [0.3, 0.4) is 0 Å². The smallest absolute Gasteiger partial charge is 0.305 e. The number of hydrogen-bond acceptors (Lipinski definition) is 12. The maximum absolute atomic E-state index is 11.5. The first-order valence-corrected chi connectivity index (χ1v) is 14.7. The Balaban J connectivity index is 3.09. The van der Waals surface area contributed by atoms with Crippen LogP contribution in [0.2, 0.25) is 0 Å². The van der Waals surface area contributed by atoms with E-state index in [0.717, 1.165) is 19.4 Å². The van der Waals surface area contributed by atoms with Gasteiger partial charge >= 0.3 is 11.9 Å². The molecular weight excluding hydrogens is 544 g/mol. The molecule has 0 spiro atoms. The number of ether oxygens (including phenoxy) is 10. The Hall–Kier alpha value is -1.42. The first-order valence-electron chi connectivity index (χ1n) is 14.7. The molecule has 0 aromatic heterocycles. The lowest BCUT2D eigenvalue weighted by Gasteiger charge is -2.09. The van der Waals surface area contributed by atoms with Crippen LogP contribution < -0.4 is 0 Å². The van der Waals surface area contributed by atoms with Crippen molar-refractivity contribution in [2.75, 3.05) is 126 Å². The summed E-state index contributed by atoms with van der Waals surface area (Å²) in [5, 5.41) is 8.53. The van der Waals surface area contributed by atoms with Crippen LogP contribution in [0.5, 0.6) is 0 Å². The fraction of sp³-hybridized carbons (Fsp3) is 0.929. The summed E-state index contributed by atoms with van der Waals surface area (Å²) in [5.41, 5.74) is 0. The molecule has 13 heteroatoms. The summed E-state index contributed by atoms with van der Waals surface area (Å²) in [6.45, 7) is 11.4. The molecular formula is C28H54O13. The van der Waals surface area contributed by atoms with Crippen LogP contribution >= 0.6 is 0 Å². The maximum atomic E-state index is 11.5. The lowest BCUT2D eigenvalue weighted by Crippen LogP contribution is -2.15. The van der Waals surface area contributed by atoms with E-state index in [1.54, 1.807) is 0 Å². The van der Waals surface area contributed by atoms with Gasteiger partial charge in [0.25, 0.3) is 0 Å². The summed E-state index contributed by atoms with van der Waals surface area (Å²) >= 11 is 0. The van der Waals surface area contributed by atoms with Gasteiger partial charge in [0.15, 0.2) is 0 Å². The molecule has 0 unspecified atom stereocenters. The summed E-state index contributed by atoms with van der Waals surface area (Å²) in [4.78, 5) is 21.8. The van der Waals surface area contributed by atoms with Gasteiger partial charge in [0.05, 0.1) is 112 Å². The van der Waals surface area contributed by atoms with Crippen molar-refractivity contribution in [1.29, 1.82) is 0 Å². The number of esters is 1. The molecule has 13 nitrogen and oxygen atoms in total. The lowest BCUT2D eigenvalue weighted by atomic mass is 10.2. The number of carboxylic acids is 1. The number of carbonyl (C=O) groups excluding carboxylic acids is 1. The van der Waals surface area contributed by atoms with Crippen LogP contribution in [0.1, 0.15) is 45.4 Å². The number of aliphatic carboxylic acids is 1. The molecule has 0 atom stereocenters. The normalized spacial score (nSPS) is 11.2. The van der Waals surface area contributed by atoms with Crippen molar-refractivity contribution in [2.45, 2.75) is 45.4 Å². The molecule has 0 aliphatic rings. The molecule has 0 aromatic rings. The van der Waals surface area contributed by atoms with Gasteiger partial charge in [0.1, 0.15) is 6.61 Å². The highest BCUT2D eigenvalue weighted by Gasteiger charge is 2.04. The average molecular weight is 599 g/mol. The predicted molar refractivity (Wildman–Crippen MR) is 149 cm³/mol. The van der Waals surface area contributed by atoms with Gasteiger partial charge in [0.2, 0.25) is 0 Å². The molecule has 0 aromatic carbocycles. The molecule has 0 aliphatic carbocycles. The molecule has 0 fully saturated rings. The Bertz CT molecular complexity index is 551. The van der Waals surface area contributed by atoms with E-state index < -0.39 is 5.97 Å². The number of hydrogen-bond donors (Lipinski definition) is 1. The van der Waals surface area contributed by atoms with Crippen LogP contribution in [0, 0.1) is 0 Å². The fourth-order valence-corrected chi connectivity index (χ4v) is 2.94. The van der Waals surface area contributed by atoms with Crippen molar-refractivity contribution >= 4 is 11.9 Å². The van der Waals surface area contributed by atoms with Gasteiger partial charge < -0.3 is 52.5 Å². The highest BCUT2D eigenvalue weighted by atomic mass is 16.6. The van der Waals surface area contributed by atoms with E-state index in [2.05, 4.69) is 6.92 Å². The van der Waals surface area contributed by atoms with Crippen LogP contribution in [-0.2, 0) is 57.0 Å². The molecule has 0 saturated carbocycles. The van der Waals surface area contributed by atoms with Gasteiger partial charge in [-0.1, -0.05) is 13.3 Å². The van der Waals surface area contributed by atoms with E-state index in [-0.39, 0.29) is 32.0 Å². The number of rotatable bonds is 35. The van der Waals surface area contributed by atoms with Gasteiger partial charge in [-0.05, 0) is 19.3 Å². The Morgan fingerprint density at radius 1 is 0.415 bits per heavy atom. The molecule has 244 valence electrons. The molecule has 41 heavy (non-hydrogen) atoms. The lowest BCUT2D eigenvalue weighted by molar-refractivity contribution is -0.146. The molecule has 1 N–H and O–H groups in total. The van der Waals surface area contributed by atoms with Gasteiger partial charge in [-0.15, -0.1) is 0 Å². The van der Waals surface area contributed by atoms with Gasteiger partial charge in [0, 0.05) is 19.4 Å². The quantitative estimate of drug-likeness (QED) is 0.0840. The molecule has 0 rings (SSSR count). The van der Waals surface area contributed by atoms with Gasteiger partial charge in [-0.25, -0.2) is 0 Å². The minimum Gasteiger partial charge on any atom is -0.481 e. The molecule has 0 heterocycles. The van der Waals surface area contributed by atoms with Crippen LogP contribution in [0.4, 0.5) is 0 Å². The second-order valence-electron chi connectivity index (χ2n) is 8.69. The topological polar surface area (TPSA) is 147 Å². The van der Waals surface area contributed by atoms with E-state index in [0.29, 0.717) is 119 Å². The molecule has 0 aliphatic heterocycles. The monoisotopic (exact) mass is 598 g/mol. The van der Waals surface area contributed by atoms with Crippen molar-refractivity contribution in [1.82, 2.24) is 0 Å². The van der Waals surface area contributed by atoms with E-state index in [4.69, 9.17) is 52.5 Å². The maximum Gasteiger partial charge on any atom is 0.305 e. The van der Waals surface area contributed by atoms with Crippen molar-refractivity contribution in [3.05, 3.63) is 0 Å². The Morgan fingerprint density at radius 2 is 0.707 bits per heavy atom. The standard InChI is InChI=1S/C28H54O13/c1-2-3-8-32-9-10-33-11-12-34-13-14-35-15-16-36-17-18-37-19-20-38-21-22-39-23-24-40-25-26-41-28(31)7-5-4-6-27(29)30/h2-26H2,1H3,(H,29,30). The third-order valence-electron chi connectivity index (χ3n) is 5.13. The molecule has 0 saturated heterocycles. The van der Waals surface area contributed by atoms with E-state index >= 15 is 0 Å². The number of unbranched alkanes of at least 4 members (excludes halogenated alkanes) is 2. The third kappa shape index (κ3) is 36.6.